The van der Waals surface area contributed by atoms with Crippen LogP contribution < -0.4 is 4.74 Å². The zero-order valence-electron chi connectivity index (χ0n) is 11.5. The highest BCUT2D eigenvalue weighted by molar-refractivity contribution is 7.87. The van der Waals surface area contributed by atoms with Crippen molar-refractivity contribution in [2.45, 2.75) is 37.7 Å². The van der Waals surface area contributed by atoms with E-state index in [2.05, 4.69) is 0 Å². The van der Waals surface area contributed by atoms with Gasteiger partial charge in [-0.25, -0.2) is 0 Å². The highest BCUT2D eigenvalue weighted by Gasteiger charge is 2.30. The molecule has 0 aliphatic heterocycles. The minimum Gasteiger partial charge on any atom is -0.497 e. The number of ether oxygens (including phenoxy) is 1. The molecule has 0 bridgehead atoms. The maximum atomic E-state index is 12.2. The van der Waals surface area contributed by atoms with Crippen LogP contribution in [0.2, 0.25) is 0 Å². The predicted octanol–water partition coefficient (Wildman–Crippen LogP) is 2.81. The summed E-state index contributed by atoms with van der Waals surface area (Å²) in [7, 11) is 0.377. The molecule has 0 aromatic heterocycles. The Hall–Kier alpha value is -1.16. The van der Waals surface area contributed by atoms with Gasteiger partial charge >= 0.3 is 0 Å². The van der Waals surface area contributed by atoms with Gasteiger partial charge in [0.05, 0.1) is 12.4 Å². The number of hydrogen-bond acceptors (Lipinski definition) is 3. The van der Waals surface area contributed by atoms with Crippen LogP contribution in [0.25, 0.3) is 0 Å². The van der Waals surface area contributed by atoms with E-state index >= 15 is 0 Å². The largest absolute Gasteiger partial charge is 0.497 e. The number of carbonyl (C=O) groups is 1. The van der Waals surface area contributed by atoms with Crippen LogP contribution in [0.5, 0.6) is 5.75 Å². The van der Waals surface area contributed by atoms with Gasteiger partial charge in [0.2, 0.25) is 0 Å². The van der Waals surface area contributed by atoms with Crippen LogP contribution in [0.1, 0.15) is 38.1 Å². The average Bonchev–Trinajstić information content (AvgIpc) is 2.35. The van der Waals surface area contributed by atoms with Crippen molar-refractivity contribution in [3.05, 3.63) is 29.8 Å². The first-order chi connectivity index (χ1) is 8.27. The Labute approximate surface area is 111 Å². The predicted molar refractivity (Wildman–Crippen MR) is 74.7 cm³/mol. The van der Waals surface area contributed by atoms with Gasteiger partial charge in [-0.1, -0.05) is 0 Å². The van der Waals surface area contributed by atoms with Crippen LogP contribution >= 0.6 is 0 Å². The summed E-state index contributed by atoms with van der Waals surface area (Å²) in [4.78, 5) is 12.2. The van der Waals surface area contributed by atoms with Gasteiger partial charge in [-0.05, 0) is 52.0 Å². The zero-order chi connectivity index (χ0) is 13.9. The van der Waals surface area contributed by atoms with E-state index in [1.165, 1.54) is 0 Å². The summed E-state index contributed by atoms with van der Waals surface area (Å²) in [5, 5.41) is -0.501. The number of ketones is 1. The van der Waals surface area contributed by atoms with Crippen molar-refractivity contribution in [3.63, 3.8) is 0 Å². The lowest BCUT2D eigenvalue weighted by Crippen LogP contribution is -2.34. The first-order valence-corrected chi connectivity index (χ1v) is 7.07. The summed E-state index contributed by atoms with van der Waals surface area (Å²) >= 11 is 0. The second-order valence-corrected chi connectivity index (χ2v) is 7.67. The quantitative estimate of drug-likeness (QED) is 0.789. The molecule has 3 nitrogen and oxygen atoms in total. The first-order valence-electron chi connectivity index (χ1n) is 5.86. The molecule has 1 aromatic rings. The van der Waals surface area contributed by atoms with Crippen LogP contribution in [0.4, 0.5) is 0 Å². The second kappa shape index (κ2) is 5.65. The maximum Gasteiger partial charge on any atom is 0.178 e. The van der Waals surface area contributed by atoms with E-state index in [9.17, 15) is 9.00 Å². The van der Waals surface area contributed by atoms with E-state index in [1.54, 1.807) is 38.3 Å². The third-order valence-corrected chi connectivity index (χ3v) is 4.73. The molecule has 0 aliphatic carbocycles. The van der Waals surface area contributed by atoms with E-state index in [4.69, 9.17) is 4.74 Å². The van der Waals surface area contributed by atoms with E-state index in [1.807, 2.05) is 20.8 Å². The molecule has 0 saturated heterocycles. The van der Waals surface area contributed by atoms with Gasteiger partial charge in [-0.2, -0.15) is 0 Å². The summed E-state index contributed by atoms with van der Waals surface area (Å²) in [5.41, 5.74) is 0.570. The highest BCUT2D eigenvalue weighted by Crippen LogP contribution is 2.20. The molecular weight excluding hydrogens is 248 g/mol. The fourth-order valence-electron chi connectivity index (χ4n) is 1.62. The smallest absolute Gasteiger partial charge is 0.178 e. The second-order valence-electron chi connectivity index (χ2n) is 5.14. The molecule has 2 unspecified atom stereocenters. The summed E-state index contributed by atoms with van der Waals surface area (Å²) < 4.78 is 16.8. The standard InChI is InChI=1S/C14H20O3S/c1-10(18(16)14(2,3)4)13(15)11-6-8-12(17-5)9-7-11/h6-10H,1-5H3. The summed E-state index contributed by atoms with van der Waals surface area (Å²) in [5.74, 6) is 0.613. The number of carbonyl (C=O) groups excluding carboxylic acids is 1. The van der Waals surface area contributed by atoms with E-state index < -0.39 is 16.0 Å². The van der Waals surface area contributed by atoms with Crippen molar-refractivity contribution in [1.29, 1.82) is 0 Å². The summed E-state index contributed by atoms with van der Waals surface area (Å²) in [6, 6.07) is 6.88. The van der Waals surface area contributed by atoms with Gasteiger partial charge in [-0.3, -0.25) is 9.00 Å². The molecule has 1 aromatic carbocycles. The van der Waals surface area contributed by atoms with Crippen molar-refractivity contribution in [2.75, 3.05) is 7.11 Å². The van der Waals surface area contributed by atoms with Crippen LogP contribution in [0, 0.1) is 0 Å². The van der Waals surface area contributed by atoms with Crippen molar-refractivity contribution in [1.82, 2.24) is 0 Å². The van der Waals surface area contributed by atoms with Crippen LogP contribution in [0.15, 0.2) is 24.3 Å². The monoisotopic (exact) mass is 268 g/mol. The molecule has 2 atom stereocenters. The van der Waals surface area contributed by atoms with E-state index in [0.717, 1.165) is 0 Å². The molecule has 0 amide bonds. The Bertz CT molecular complexity index is 443. The molecule has 0 saturated carbocycles. The van der Waals surface area contributed by atoms with Crippen LogP contribution in [0.3, 0.4) is 0 Å². The molecule has 4 heteroatoms. The van der Waals surface area contributed by atoms with Crippen LogP contribution in [-0.4, -0.2) is 27.1 Å². The van der Waals surface area contributed by atoms with Gasteiger partial charge in [0.1, 0.15) is 5.75 Å². The average molecular weight is 268 g/mol. The maximum absolute atomic E-state index is 12.2. The zero-order valence-corrected chi connectivity index (χ0v) is 12.3. The minimum atomic E-state index is -1.20. The van der Waals surface area contributed by atoms with Gasteiger partial charge < -0.3 is 4.74 Å². The highest BCUT2D eigenvalue weighted by atomic mass is 32.2. The van der Waals surface area contributed by atoms with Crippen molar-refractivity contribution in [2.24, 2.45) is 0 Å². The molecule has 100 valence electrons. The number of methoxy groups -OCH3 is 1. The number of benzene rings is 1. The molecular formula is C14H20O3S. The Morgan fingerprint density at radius 2 is 1.72 bits per heavy atom. The lowest BCUT2D eigenvalue weighted by Gasteiger charge is -2.22. The Morgan fingerprint density at radius 1 is 1.22 bits per heavy atom. The molecule has 0 fully saturated rings. The van der Waals surface area contributed by atoms with E-state index in [0.29, 0.717) is 11.3 Å². The molecule has 0 heterocycles. The normalized spacial score (nSPS) is 14.9. The molecule has 0 radical (unpaired) electrons. The Balaban J connectivity index is 2.90. The fourth-order valence-corrected chi connectivity index (χ4v) is 3.01. The van der Waals surface area contributed by atoms with Crippen molar-refractivity contribution >= 4 is 16.6 Å². The lowest BCUT2D eigenvalue weighted by atomic mass is 10.1. The number of hydrogen-bond donors (Lipinski definition) is 0. The first kappa shape index (κ1) is 14.9. The summed E-state index contributed by atoms with van der Waals surface area (Å²) in [6.45, 7) is 7.34. The fraction of sp³-hybridized carbons (Fsp3) is 0.500. The van der Waals surface area contributed by atoms with Gasteiger partial charge in [0, 0.05) is 21.1 Å². The number of Topliss-reactive ketones (excluding diaryl/α,β-unsaturated/α-hetero) is 1. The van der Waals surface area contributed by atoms with Crippen molar-refractivity contribution < 1.29 is 13.7 Å². The minimum absolute atomic E-state index is 0.0917. The molecule has 1 rings (SSSR count). The third kappa shape index (κ3) is 3.42. The van der Waals surface area contributed by atoms with Gasteiger partial charge in [0.25, 0.3) is 0 Å². The molecule has 0 spiro atoms. The number of rotatable bonds is 4. The molecule has 0 aliphatic rings. The van der Waals surface area contributed by atoms with Gasteiger partial charge in [0.15, 0.2) is 5.78 Å². The molecule has 0 N–H and O–H groups in total. The Morgan fingerprint density at radius 3 is 2.11 bits per heavy atom. The topological polar surface area (TPSA) is 43.4 Å². The summed E-state index contributed by atoms with van der Waals surface area (Å²) in [6.07, 6.45) is 0. The lowest BCUT2D eigenvalue weighted by molar-refractivity contribution is 0.0992. The third-order valence-electron chi connectivity index (χ3n) is 2.67. The van der Waals surface area contributed by atoms with Crippen molar-refractivity contribution in [3.8, 4) is 5.75 Å². The Kier molecular flexibility index (Phi) is 4.68. The molecule has 18 heavy (non-hydrogen) atoms. The van der Waals surface area contributed by atoms with E-state index in [-0.39, 0.29) is 10.5 Å². The van der Waals surface area contributed by atoms with Crippen LogP contribution in [-0.2, 0) is 10.8 Å². The van der Waals surface area contributed by atoms with Gasteiger partial charge in [-0.15, -0.1) is 0 Å². The SMILES string of the molecule is COc1ccc(C(=O)C(C)S(=O)C(C)(C)C)cc1.